The molecule has 6 aromatic rings. The minimum atomic E-state index is 1.05. The molecule has 0 unspecified atom stereocenters. The molecule has 0 saturated heterocycles. The summed E-state index contributed by atoms with van der Waals surface area (Å²) in [6.45, 7) is 14.5. The Balaban J connectivity index is 0.000000896. The van der Waals surface area contributed by atoms with Crippen LogP contribution in [0.4, 0.5) is 22.7 Å². The third kappa shape index (κ3) is 5.66. The van der Waals surface area contributed by atoms with Crippen molar-refractivity contribution >= 4 is 44.3 Å². The van der Waals surface area contributed by atoms with Crippen LogP contribution >= 0.6 is 0 Å². The van der Waals surface area contributed by atoms with Crippen LogP contribution in [0, 0.1) is 13.8 Å². The van der Waals surface area contributed by atoms with Crippen LogP contribution in [0.3, 0.4) is 0 Å². The fraction of sp³-hybridized carbons (Fsp3) is 0.273. The summed E-state index contributed by atoms with van der Waals surface area (Å²) in [6.07, 6.45) is 4.54. The molecule has 0 radical (unpaired) electrons. The number of fused-ring (bicyclic) bond motifs is 6. The number of anilines is 4. The van der Waals surface area contributed by atoms with E-state index >= 15 is 0 Å². The van der Waals surface area contributed by atoms with Crippen molar-refractivity contribution in [2.24, 2.45) is 0 Å². The number of nitrogens with zero attached hydrogens (tertiary/aromatic N) is 2. The third-order valence-corrected chi connectivity index (χ3v) is 9.30. The highest BCUT2D eigenvalue weighted by Gasteiger charge is 2.26. The van der Waals surface area contributed by atoms with Gasteiger partial charge in [-0.3, -0.25) is 0 Å². The summed E-state index contributed by atoms with van der Waals surface area (Å²) in [5.41, 5.74) is 13.6. The molecule has 6 aromatic carbocycles. The summed E-state index contributed by atoms with van der Waals surface area (Å²) in [6, 6.07) is 41.2. The van der Waals surface area contributed by atoms with Gasteiger partial charge in [0.25, 0.3) is 0 Å². The van der Waals surface area contributed by atoms with Crippen molar-refractivity contribution in [3.8, 4) is 11.1 Å². The van der Waals surface area contributed by atoms with Gasteiger partial charge < -0.3 is 9.80 Å². The van der Waals surface area contributed by atoms with Crippen LogP contribution in [0.5, 0.6) is 0 Å². The minimum absolute atomic E-state index is 1.05. The highest BCUT2D eigenvalue weighted by Crippen LogP contribution is 2.48. The highest BCUT2D eigenvalue weighted by molar-refractivity contribution is 6.13. The normalized spacial score (nSPS) is 13.7. The third-order valence-electron chi connectivity index (χ3n) is 9.30. The van der Waals surface area contributed by atoms with Gasteiger partial charge in [-0.25, -0.2) is 0 Å². The molecule has 0 bridgehead atoms. The molecule has 2 heteroatoms. The van der Waals surface area contributed by atoms with E-state index < -0.39 is 0 Å². The second kappa shape index (κ2) is 13.8. The lowest BCUT2D eigenvalue weighted by molar-refractivity contribution is 0.769. The van der Waals surface area contributed by atoms with Gasteiger partial charge in [0, 0.05) is 35.2 Å². The van der Waals surface area contributed by atoms with Gasteiger partial charge in [-0.05, 0) is 120 Å². The monoisotopic (exact) mass is 604 g/mol. The molecule has 46 heavy (non-hydrogen) atoms. The molecule has 0 amide bonds. The maximum absolute atomic E-state index is 2.56. The maximum Gasteiger partial charge on any atom is 0.0523 e. The molecule has 0 saturated carbocycles. The first-order valence-corrected chi connectivity index (χ1v) is 17.4. The van der Waals surface area contributed by atoms with E-state index in [2.05, 4.69) is 133 Å². The van der Waals surface area contributed by atoms with E-state index in [0.29, 0.717) is 0 Å². The number of rotatable bonds is 3. The zero-order valence-corrected chi connectivity index (χ0v) is 28.5. The van der Waals surface area contributed by atoms with Crippen molar-refractivity contribution < 1.29 is 0 Å². The Labute approximate surface area is 276 Å². The predicted molar refractivity (Wildman–Crippen MR) is 203 cm³/mol. The summed E-state index contributed by atoms with van der Waals surface area (Å²) in [7, 11) is 0. The number of hydrogen-bond acceptors (Lipinski definition) is 2. The van der Waals surface area contributed by atoms with Crippen molar-refractivity contribution in [3.05, 3.63) is 131 Å². The lowest BCUT2D eigenvalue weighted by Gasteiger charge is -2.35. The van der Waals surface area contributed by atoms with E-state index in [-0.39, 0.29) is 0 Å². The standard InChI is InChI=1S/C40H36N2.2C2H6/c1-27-11-7-15-31(23-27)41-21-9-13-29-25-37(33-17-3-5-19-35(33)39(29)41)38-26-30-14-10-22-42(32-16-8-12-28(2)24-32)40(30)36-20-6-4-18-34(36)38;2*1-2/h3-8,11-12,15-20,23-26H,9-10,13-14,21-22H2,1-2H3;2*1-2H3. The first kappa shape index (κ1) is 31.4. The van der Waals surface area contributed by atoms with Crippen LogP contribution in [-0.2, 0) is 12.8 Å². The largest absolute Gasteiger partial charge is 0.341 e. The Kier molecular flexibility index (Phi) is 9.45. The van der Waals surface area contributed by atoms with Gasteiger partial charge in [0.15, 0.2) is 0 Å². The smallest absolute Gasteiger partial charge is 0.0523 e. The van der Waals surface area contributed by atoms with Crippen LogP contribution in [0.15, 0.2) is 109 Å². The highest BCUT2D eigenvalue weighted by atomic mass is 15.1. The van der Waals surface area contributed by atoms with Crippen LogP contribution in [0.2, 0.25) is 0 Å². The van der Waals surface area contributed by atoms with E-state index in [1.807, 2.05) is 27.7 Å². The molecule has 2 heterocycles. The van der Waals surface area contributed by atoms with Crippen LogP contribution in [0.1, 0.15) is 62.8 Å². The molecule has 0 atom stereocenters. The molecule has 0 aliphatic carbocycles. The van der Waals surface area contributed by atoms with Crippen molar-refractivity contribution in [3.63, 3.8) is 0 Å². The lowest BCUT2D eigenvalue weighted by atomic mass is 9.85. The molecule has 2 aliphatic rings. The summed E-state index contributed by atoms with van der Waals surface area (Å²) in [4.78, 5) is 5.12. The quantitative estimate of drug-likeness (QED) is 0.198. The zero-order valence-electron chi connectivity index (χ0n) is 28.5. The topological polar surface area (TPSA) is 6.48 Å². The van der Waals surface area contributed by atoms with Crippen LogP contribution in [-0.4, -0.2) is 13.1 Å². The molecule has 2 aliphatic heterocycles. The number of aryl methyl sites for hydroxylation is 4. The Hall–Kier alpha value is -4.56. The van der Waals surface area contributed by atoms with Gasteiger partial charge in [0.2, 0.25) is 0 Å². The molecule has 0 aromatic heterocycles. The van der Waals surface area contributed by atoms with Crippen LogP contribution in [0.25, 0.3) is 32.7 Å². The maximum atomic E-state index is 2.56. The van der Waals surface area contributed by atoms with Gasteiger partial charge in [-0.2, -0.15) is 0 Å². The molecule has 234 valence electrons. The predicted octanol–water partition coefficient (Wildman–Crippen LogP) is 12.5. The fourth-order valence-electron chi connectivity index (χ4n) is 7.49. The van der Waals surface area contributed by atoms with Gasteiger partial charge in [0.1, 0.15) is 0 Å². The summed E-state index contributed by atoms with van der Waals surface area (Å²) in [5.74, 6) is 0. The zero-order chi connectivity index (χ0) is 32.2. The second-order valence-corrected chi connectivity index (χ2v) is 12.1. The first-order valence-electron chi connectivity index (χ1n) is 17.4. The van der Waals surface area contributed by atoms with Crippen molar-refractivity contribution in [2.45, 2.75) is 67.2 Å². The first-order chi connectivity index (χ1) is 22.7. The summed E-state index contributed by atoms with van der Waals surface area (Å²) in [5, 5.41) is 5.39. The van der Waals surface area contributed by atoms with E-state index in [0.717, 1.165) is 38.8 Å². The summed E-state index contributed by atoms with van der Waals surface area (Å²) < 4.78 is 0. The Bertz CT molecular complexity index is 1840. The van der Waals surface area contributed by atoms with Crippen LogP contribution < -0.4 is 9.80 Å². The van der Waals surface area contributed by atoms with E-state index in [4.69, 9.17) is 0 Å². The van der Waals surface area contributed by atoms with Crippen molar-refractivity contribution in [1.29, 1.82) is 0 Å². The number of hydrogen-bond donors (Lipinski definition) is 0. The number of benzene rings is 6. The Morgan fingerprint density at radius 1 is 0.435 bits per heavy atom. The van der Waals surface area contributed by atoms with Gasteiger partial charge in [0.05, 0.1) is 11.4 Å². The molecule has 0 N–H and O–H groups in total. The Morgan fingerprint density at radius 3 is 1.22 bits per heavy atom. The van der Waals surface area contributed by atoms with E-state index in [9.17, 15) is 0 Å². The van der Waals surface area contributed by atoms with Gasteiger partial charge in [-0.15, -0.1) is 0 Å². The molecule has 0 spiro atoms. The molecule has 0 fully saturated rings. The molecule has 8 rings (SSSR count). The minimum Gasteiger partial charge on any atom is -0.341 e. The van der Waals surface area contributed by atoms with Crippen molar-refractivity contribution in [1.82, 2.24) is 0 Å². The average molecular weight is 605 g/mol. The summed E-state index contributed by atoms with van der Waals surface area (Å²) >= 11 is 0. The average Bonchev–Trinajstić information content (AvgIpc) is 3.12. The van der Waals surface area contributed by atoms with E-state index in [1.54, 1.807) is 0 Å². The van der Waals surface area contributed by atoms with Crippen molar-refractivity contribution in [2.75, 3.05) is 22.9 Å². The fourth-order valence-corrected chi connectivity index (χ4v) is 7.49. The van der Waals surface area contributed by atoms with Gasteiger partial charge in [-0.1, -0.05) is 100 Å². The second-order valence-electron chi connectivity index (χ2n) is 12.1. The van der Waals surface area contributed by atoms with Gasteiger partial charge >= 0.3 is 0 Å². The molecular weight excluding hydrogens is 556 g/mol. The molecular formula is C44H48N2. The van der Waals surface area contributed by atoms with E-state index in [1.165, 1.54) is 77.7 Å². The SMILES string of the molecule is CC.CC.Cc1cccc(N2CCCc3cc(-c4cc5c(c6ccccc46)N(c4cccc(C)c4)CCC5)c4ccccc4c32)c1. The Morgan fingerprint density at radius 2 is 0.826 bits per heavy atom. The molecule has 2 nitrogen and oxygen atoms in total. The lowest BCUT2D eigenvalue weighted by Crippen LogP contribution is -2.25.